The van der Waals surface area contributed by atoms with E-state index in [-0.39, 0.29) is 22.8 Å². The van der Waals surface area contributed by atoms with E-state index in [0.717, 1.165) is 25.7 Å². The maximum absolute atomic E-state index is 13.3. The molecular weight excluding hydrogens is 434 g/mol. The number of ether oxygens (including phenoxy) is 4. The number of carbonyl (C=O) groups is 1. The molecule has 0 aliphatic carbocycles. The lowest BCUT2D eigenvalue weighted by atomic mass is 10.2. The molecule has 1 saturated heterocycles. The summed E-state index contributed by atoms with van der Waals surface area (Å²) in [5, 5.41) is 0. The predicted molar refractivity (Wildman–Crippen MR) is 119 cm³/mol. The molecule has 3 rings (SSSR count). The molecule has 32 heavy (non-hydrogen) atoms. The molecule has 0 saturated carbocycles. The molecule has 0 spiro atoms. The van der Waals surface area contributed by atoms with Gasteiger partial charge in [0.1, 0.15) is 17.3 Å². The summed E-state index contributed by atoms with van der Waals surface area (Å²) in [4.78, 5) is 12.7. The number of benzene rings is 2. The molecule has 0 bridgehead atoms. The molecule has 2 aromatic carbocycles. The monoisotopic (exact) mass is 463 g/mol. The fraction of sp³-hybridized carbons (Fsp3) is 0.435. The number of nitrogens with zero attached hydrogens (tertiary/aromatic N) is 1. The van der Waals surface area contributed by atoms with Gasteiger partial charge in [-0.05, 0) is 48.7 Å². The molecule has 1 aliphatic heterocycles. The molecule has 1 aliphatic rings. The van der Waals surface area contributed by atoms with Gasteiger partial charge in [0.15, 0.2) is 11.5 Å². The number of esters is 1. The van der Waals surface area contributed by atoms with Gasteiger partial charge >= 0.3 is 5.97 Å². The maximum atomic E-state index is 13.3. The van der Waals surface area contributed by atoms with Gasteiger partial charge in [-0.2, -0.15) is 4.31 Å². The Labute approximate surface area is 189 Å². The highest BCUT2D eigenvalue weighted by atomic mass is 32.2. The van der Waals surface area contributed by atoms with Crippen molar-refractivity contribution in [3.8, 4) is 17.2 Å². The molecule has 1 heterocycles. The van der Waals surface area contributed by atoms with Crippen molar-refractivity contribution in [2.75, 3.05) is 34.4 Å². The maximum Gasteiger partial charge on any atom is 0.338 e. The second-order valence-corrected chi connectivity index (χ2v) is 9.36. The largest absolute Gasteiger partial charge is 0.495 e. The van der Waals surface area contributed by atoms with Gasteiger partial charge in [0.2, 0.25) is 10.0 Å². The van der Waals surface area contributed by atoms with Crippen LogP contribution in [-0.2, 0) is 21.4 Å². The highest BCUT2D eigenvalue weighted by Gasteiger charge is 2.29. The summed E-state index contributed by atoms with van der Waals surface area (Å²) in [5.41, 5.74) is 0.849. The summed E-state index contributed by atoms with van der Waals surface area (Å²) in [6, 6.07) is 9.51. The fourth-order valence-electron chi connectivity index (χ4n) is 3.63. The van der Waals surface area contributed by atoms with E-state index in [0.29, 0.717) is 30.2 Å². The number of sulfonamides is 1. The number of rotatable bonds is 8. The van der Waals surface area contributed by atoms with E-state index in [9.17, 15) is 13.2 Å². The lowest BCUT2D eigenvalue weighted by molar-refractivity contribution is 0.0472. The SMILES string of the molecule is COc1ccc(COC(=O)c2ccc(OC)c(S(=O)(=O)N3CCCCCC3)c2)cc1OC. The van der Waals surface area contributed by atoms with Gasteiger partial charge in [-0.25, -0.2) is 13.2 Å². The van der Waals surface area contributed by atoms with E-state index in [1.54, 1.807) is 25.3 Å². The second-order valence-electron chi connectivity index (χ2n) is 7.45. The molecule has 0 aromatic heterocycles. The third-order valence-corrected chi connectivity index (χ3v) is 7.32. The van der Waals surface area contributed by atoms with E-state index < -0.39 is 16.0 Å². The van der Waals surface area contributed by atoms with Crippen molar-refractivity contribution in [3.63, 3.8) is 0 Å². The number of hydrogen-bond donors (Lipinski definition) is 0. The van der Waals surface area contributed by atoms with E-state index in [1.807, 2.05) is 0 Å². The molecule has 0 radical (unpaired) electrons. The number of hydrogen-bond acceptors (Lipinski definition) is 7. The Bertz CT molecular complexity index is 1040. The molecule has 8 nitrogen and oxygen atoms in total. The molecule has 0 amide bonds. The average molecular weight is 464 g/mol. The zero-order valence-corrected chi connectivity index (χ0v) is 19.4. The minimum atomic E-state index is -3.80. The van der Waals surface area contributed by atoms with Crippen LogP contribution in [0, 0.1) is 0 Å². The third-order valence-electron chi connectivity index (χ3n) is 5.40. The smallest absolute Gasteiger partial charge is 0.338 e. The van der Waals surface area contributed by atoms with Gasteiger partial charge in [0.25, 0.3) is 0 Å². The van der Waals surface area contributed by atoms with Crippen LogP contribution in [0.25, 0.3) is 0 Å². The van der Waals surface area contributed by atoms with Gasteiger partial charge in [-0.3, -0.25) is 0 Å². The van der Waals surface area contributed by atoms with Crippen LogP contribution < -0.4 is 14.2 Å². The van der Waals surface area contributed by atoms with Crippen molar-refractivity contribution < 1.29 is 32.2 Å². The lowest BCUT2D eigenvalue weighted by Crippen LogP contribution is -2.32. The molecule has 0 atom stereocenters. The van der Waals surface area contributed by atoms with Crippen molar-refractivity contribution >= 4 is 16.0 Å². The highest BCUT2D eigenvalue weighted by Crippen LogP contribution is 2.30. The van der Waals surface area contributed by atoms with E-state index >= 15 is 0 Å². The zero-order valence-electron chi connectivity index (χ0n) is 18.6. The first-order chi connectivity index (χ1) is 15.4. The summed E-state index contributed by atoms with van der Waals surface area (Å²) in [6.45, 7) is 0.915. The highest BCUT2D eigenvalue weighted by molar-refractivity contribution is 7.89. The first-order valence-electron chi connectivity index (χ1n) is 10.5. The molecule has 174 valence electrons. The van der Waals surface area contributed by atoms with Gasteiger partial charge < -0.3 is 18.9 Å². The second kappa shape index (κ2) is 10.7. The van der Waals surface area contributed by atoms with Gasteiger partial charge in [0, 0.05) is 13.1 Å². The molecule has 0 N–H and O–H groups in total. The molecular formula is C23H29NO7S. The van der Waals surface area contributed by atoms with Gasteiger partial charge in [-0.15, -0.1) is 0 Å². The Morgan fingerprint density at radius 2 is 1.47 bits per heavy atom. The Hall–Kier alpha value is -2.78. The predicted octanol–water partition coefficient (Wildman–Crippen LogP) is 3.63. The lowest BCUT2D eigenvalue weighted by Gasteiger charge is -2.21. The van der Waals surface area contributed by atoms with Crippen LogP contribution in [0.5, 0.6) is 17.2 Å². The van der Waals surface area contributed by atoms with E-state index in [4.69, 9.17) is 18.9 Å². The molecule has 9 heteroatoms. The minimum absolute atomic E-state index is 0.000570. The molecule has 1 fully saturated rings. The molecule has 0 unspecified atom stereocenters. The summed E-state index contributed by atoms with van der Waals surface area (Å²) in [5.74, 6) is 0.665. The summed E-state index contributed by atoms with van der Waals surface area (Å²) in [7, 11) is 0.676. The van der Waals surface area contributed by atoms with Gasteiger partial charge in [0.05, 0.1) is 26.9 Å². The van der Waals surface area contributed by atoms with Crippen LogP contribution in [-0.4, -0.2) is 53.1 Å². The summed E-state index contributed by atoms with van der Waals surface area (Å²) in [6.07, 6.45) is 3.64. The standard InChI is InChI=1S/C23H29NO7S/c1-28-19-10-8-17(14-21(19)30-3)16-31-23(25)18-9-11-20(29-2)22(15-18)32(26,27)24-12-6-4-5-7-13-24/h8-11,14-15H,4-7,12-13,16H2,1-3H3. The van der Waals surface area contributed by atoms with E-state index in [2.05, 4.69) is 0 Å². The van der Waals surface area contributed by atoms with Crippen molar-refractivity contribution in [2.45, 2.75) is 37.2 Å². The Morgan fingerprint density at radius 1 is 0.844 bits per heavy atom. The average Bonchev–Trinajstić information content (AvgIpc) is 3.12. The Morgan fingerprint density at radius 3 is 2.09 bits per heavy atom. The topological polar surface area (TPSA) is 91.4 Å². The minimum Gasteiger partial charge on any atom is -0.495 e. The van der Waals surface area contributed by atoms with Crippen molar-refractivity contribution in [3.05, 3.63) is 47.5 Å². The van der Waals surface area contributed by atoms with Crippen LogP contribution in [0.1, 0.15) is 41.6 Å². The quantitative estimate of drug-likeness (QED) is 0.552. The zero-order chi connectivity index (χ0) is 23.1. The number of methoxy groups -OCH3 is 3. The summed E-state index contributed by atoms with van der Waals surface area (Å²) >= 11 is 0. The van der Waals surface area contributed by atoms with Crippen LogP contribution in [0.3, 0.4) is 0 Å². The van der Waals surface area contributed by atoms with Crippen molar-refractivity contribution in [2.24, 2.45) is 0 Å². The first-order valence-corrected chi connectivity index (χ1v) is 11.9. The van der Waals surface area contributed by atoms with Crippen molar-refractivity contribution in [1.29, 1.82) is 0 Å². The molecule has 2 aromatic rings. The fourth-order valence-corrected chi connectivity index (χ4v) is 5.33. The van der Waals surface area contributed by atoms with Crippen LogP contribution in [0.15, 0.2) is 41.3 Å². The van der Waals surface area contributed by atoms with Crippen LogP contribution in [0.4, 0.5) is 0 Å². The van der Waals surface area contributed by atoms with E-state index in [1.165, 1.54) is 36.7 Å². The normalized spacial score (nSPS) is 15.0. The van der Waals surface area contributed by atoms with Crippen molar-refractivity contribution in [1.82, 2.24) is 4.31 Å². The third kappa shape index (κ3) is 5.34. The van der Waals surface area contributed by atoms with Crippen LogP contribution >= 0.6 is 0 Å². The Balaban J connectivity index is 1.80. The van der Waals surface area contributed by atoms with Crippen LogP contribution in [0.2, 0.25) is 0 Å². The first kappa shape index (κ1) is 23.9. The van der Waals surface area contributed by atoms with Gasteiger partial charge in [-0.1, -0.05) is 18.9 Å². The summed E-state index contributed by atoms with van der Waals surface area (Å²) < 4.78 is 49.2. The number of carbonyl (C=O) groups excluding carboxylic acids is 1. The Kier molecular flexibility index (Phi) is 7.98.